The van der Waals surface area contributed by atoms with Crippen molar-refractivity contribution in [1.29, 1.82) is 0 Å². The van der Waals surface area contributed by atoms with Crippen LogP contribution in [0.5, 0.6) is 11.5 Å². The van der Waals surface area contributed by atoms with Gasteiger partial charge in [-0.1, -0.05) is 13.3 Å². The zero-order chi connectivity index (χ0) is 20.9. The summed E-state index contributed by atoms with van der Waals surface area (Å²) in [4.78, 5) is 6.80. The highest BCUT2D eigenvalue weighted by Gasteiger charge is 2.23. The molecule has 2 rings (SSSR count). The van der Waals surface area contributed by atoms with Gasteiger partial charge in [-0.15, -0.1) is 24.0 Å². The minimum atomic E-state index is 0. The van der Waals surface area contributed by atoms with Gasteiger partial charge >= 0.3 is 0 Å². The number of hydrogen-bond donors (Lipinski definition) is 2. The molecule has 0 amide bonds. The molecule has 0 aromatic heterocycles. The fourth-order valence-corrected chi connectivity index (χ4v) is 3.43. The molecule has 30 heavy (non-hydrogen) atoms. The normalized spacial score (nSPS) is 16.8. The summed E-state index contributed by atoms with van der Waals surface area (Å²) in [6, 6.07) is 6.45. The van der Waals surface area contributed by atoms with Gasteiger partial charge in [-0.05, 0) is 37.0 Å². The third kappa shape index (κ3) is 9.70. The van der Waals surface area contributed by atoms with E-state index in [1.165, 1.54) is 12.0 Å². The predicted molar refractivity (Wildman–Crippen MR) is 133 cm³/mol. The number of aliphatic imine (C=N–C) groups is 1. The molecule has 7 nitrogen and oxygen atoms in total. The van der Waals surface area contributed by atoms with Crippen molar-refractivity contribution >= 4 is 29.9 Å². The van der Waals surface area contributed by atoms with Crippen LogP contribution in [0.2, 0.25) is 0 Å². The first kappa shape index (κ1) is 26.8. The first-order valence-corrected chi connectivity index (χ1v) is 10.7. The molecule has 1 aromatic carbocycles. The van der Waals surface area contributed by atoms with Crippen molar-refractivity contribution in [2.75, 3.05) is 54.1 Å². The molecule has 1 atom stereocenters. The minimum Gasteiger partial charge on any atom is -0.497 e. The second-order valence-corrected chi connectivity index (χ2v) is 7.40. The standard InChI is InChI=1S/C22H38N4O3.HI/c1-5-6-11-29-12-7-9-24-22(23-2)25-19-8-10-26(17-19)16-18-13-20(27-3)15-21(14-18)28-4;/h13-15,19H,5-12,16-17H2,1-4H3,(H2,23,24,25);1H. The van der Waals surface area contributed by atoms with Crippen LogP contribution in [0.25, 0.3) is 0 Å². The lowest BCUT2D eigenvalue weighted by molar-refractivity contribution is 0.129. The summed E-state index contributed by atoms with van der Waals surface area (Å²) in [5, 5.41) is 6.93. The largest absolute Gasteiger partial charge is 0.497 e. The van der Waals surface area contributed by atoms with Crippen LogP contribution in [-0.2, 0) is 11.3 Å². The fraction of sp³-hybridized carbons (Fsp3) is 0.682. The second-order valence-electron chi connectivity index (χ2n) is 7.40. The smallest absolute Gasteiger partial charge is 0.191 e. The molecule has 1 unspecified atom stereocenters. The molecule has 172 valence electrons. The van der Waals surface area contributed by atoms with Gasteiger partial charge in [-0.3, -0.25) is 9.89 Å². The van der Waals surface area contributed by atoms with E-state index in [2.05, 4.69) is 39.6 Å². The number of nitrogens with one attached hydrogen (secondary N) is 2. The molecule has 1 saturated heterocycles. The zero-order valence-corrected chi connectivity index (χ0v) is 21.2. The Labute approximate surface area is 199 Å². The fourth-order valence-electron chi connectivity index (χ4n) is 3.43. The average Bonchev–Trinajstić information content (AvgIpc) is 3.18. The Balaban J connectivity index is 0.00000450. The lowest BCUT2D eigenvalue weighted by atomic mass is 10.2. The van der Waals surface area contributed by atoms with Crippen LogP contribution in [0.1, 0.15) is 38.2 Å². The van der Waals surface area contributed by atoms with E-state index in [-0.39, 0.29) is 24.0 Å². The van der Waals surface area contributed by atoms with Crippen molar-refractivity contribution in [3.8, 4) is 11.5 Å². The molecular weight excluding hydrogens is 495 g/mol. The molecule has 1 aromatic rings. The summed E-state index contributed by atoms with van der Waals surface area (Å²) in [5.41, 5.74) is 1.20. The van der Waals surface area contributed by atoms with Crippen LogP contribution in [0.15, 0.2) is 23.2 Å². The van der Waals surface area contributed by atoms with E-state index < -0.39 is 0 Å². The number of nitrogens with zero attached hydrogens (tertiary/aromatic N) is 2. The number of guanidine groups is 1. The van der Waals surface area contributed by atoms with Crippen LogP contribution in [0, 0.1) is 0 Å². The zero-order valence-electron chi connectivity index (χ0n) is 18.9. The Morgan fingerprint density at radius 2 is 1.83 bits per heavy atom. The number of ether oxygens (including phenoxy) is 3. The molecule has 1 heterocycles. The van der Waals surface area contributed by atoms with Crippen molar-refractivity contribution < 1.29 is 14.2 Å². The van der Waals surface area contributed by atoms with Gasteiger partial charge in [0.2, 0.25) is 0 Å². The SMILES string of the molecule is CCCCOCCCNC(=NC)NC1CCN(Cc2cc(OC)cc(OC)c2)C1.I. The molecule has 1 aliphatic rings. The lowest BCUT2D eigenvalue weighted by Crippen LogP contribution is -2.44. The Morgan fingerprint density at radius 1 is 1.13 bits per heavy atom. The third-order valence-electron chi connectivity index (χ3n) is 5.05. The lowest BCUT2D eigenvalue weighted by Gasteiger charge is -2.19. The summed E-state index contributed by atoms with van der Waals surface area (Å²) in [7, 11) is 5.19. The molecule has 0 aliphatic carbocycles. The van der Waals surface area contributed by atoms with Crippen molar-refractivity contribution in [3.63, 3.8) is 0 Å². The predicted octanol–water partition coefficient (Wildman–Crippen LogP) is 3.27. The average molecular weight is 534 g/mol. The summed E-state index contributed by atoms with van der Waals surface area (Å²) in [6.45, 7) is 7.63. The van der Waals surface area contributed by atoms with Gasteiger partial charge in [0, 0.05) is 58.5 Å². The highest BCUT2D eigenvalue weighted by molar-refractivity contribution is 14.0. The number of likely N-dealkylation sites (tertiary alicyclic amines) is 1. The van der Waals surface area contributed by atoms with Crippen LogP contribution in [-0.4, -0.2) is 71.0 Å². The Morgan fingerprint density at radius 3 is 2.47 bits per heavy atom. The van der Waals surface area contributed by atoms with Gasteiger partial charge in [0.1, 0.15) is 11.5 Å². The maximum Gasteiger partial charge on any atom is 0.191 e. The third-order valence-corrected chi connectivity index (χ3v) is 5.05. The van der Waals surface area contributed by atoms with E-state index in [0.29, 0.717) is 6.04 Å². The summed E-state index contributed by atoms with van der Waals surface area (Å²) in [6.07, 6.45) is 4.40. The second kappa shape index (κ2) is 15.5. The van der Waals surface area contributed by atoms with Gasteiger partial charge in [0.25, 0.3) is 0 Å². The number of benzene rings is 1. The van der Waals surface area contributed by atoms with E-state index in [0.717, 1.165) is 76.1 Å². The molecule has 8 heteroatoms. The first-order valence-electron chi connectivity index (χ1n) is 10.7. The number of rotatable bonds is 12. The van der Waals surface area contributed by atoms with E-state index >= 15 is 0 Å². The van der Waals surface area contributed by atoms with Gasteiger partial charge in [0.15, 0.2) is 5.96 Å². The number of methoxy groups -OCH3 is 2. The molecule has 1 aliphatic heterocycles. The minimum absolute atomic E-state index is 0. The Kier molecular flexibility index (Phi) is 13.9. The van der Waals surface area contributed by atoms with Crippen molar-refractivity contribution in [2.24, 2.45) is 4.99 Å². The molecule has 0 bridgehead atoms. The van der Waals surface area contributed by atoms with Gasteiger partial charge < -0.3 is 24.8 Å². The van der Waals surface area contributed by atoms with Crippen LogP contribution >= 0.6 is 24.0 Å². The maximum absolute atomic E-state index is 5.60. The highest BCUT2D eigenvalue weighted by Crippen LogP contribution is 2.24. The van der Waals surface area contributed by atoms with E-state index in [4.69, 9.17) is 14.2 Å². The molecule has 0 saturated carbocycles. The van der Waals surface area contributed by atoms with Crippen LogP contribution in [0.4, 0.5) is 0 Å². The molecule has 0 radical (unpaired) electrons. The Bertz CT molecular complexity index is 608. The van der Waals surface area contributed by atoms with Crippen molar-refractivity contribution in [2.45, 2.75) is 45.2 Å². The topological polar surface area (TPSA) is 67.4 Å². The quantitative estimate of drug-likeness (QED) is 0.186. The van der Waals surface area contributed by atoms with E-state index in [9.17, 15) is 0 Å². The maximum atomic E-state index is 5.60. The number of hydrogen-bond acceptors (Lipinski definition) is 5. The Hall–Kier alpha value is -1.26. The summed E-state index contributed by atoms with van der Waals surface area (Å²) < 4.78 is 16.4. The van der Waals surface area contributed by atoms with Crippen molar-refractivity contribution in [1.82, 2.24) is 15.5 Å². The van der Waals surface area contributed by atoms with E-state index in [1.54, 1.807) is 14.2 Å². The number of unbranched alkanes of at least 4 members (excludes halogenated alkanes) is 1. The van der Waals surface area contributed by atoms with Gasteiger partial charge in [-0.2, -0.15) is 0 Å². The van der Waals surface area contributed by atoms with Gasteiger partial charge in [-0.25, -0.2) is 0 Å². The molecule has 0 spiro atoms. The molecular formula is C22H39IN4O3. The summed E-state index contributed by atoms with van der Waals surface area (Å²) >= 11 is 0. The van der Waals surface area contributed by atoms with Crippen LogP contribution < -0.4 is 20.1 Å². The van der Waals surface area contributed by atoms with Gasteiger partial charge in [0.05, 0.1) is 14.2 Å². The summed E-state index contributed by atoms with van der Waals surface area (Å²) in [5.74, 6) is 2.53. The van der Waals surface area contributed by atoms with E-state index in [1.807, 2.05) is 13.1 Å². The first-order chi connectivity index (χ1) is 14.2. The monoisotopic (exact) mass is 534 g/mol. The molecule has 2 N–H and O–H groups in total. The van der Waals surface area contributed by atoms with Crippen molar-refractivity contribution in [3.05, 3.63) is 23.8 Å². The molecule has 1 fully saturated rings. The highest BCUT2D eigenvalue weighted by atomic mass is 127. The number of halogens is 1. The van der Waals surface area contributed by atoms with Crippen LogP contribution in [0.3, 0.4) is 0 Å².